The zero-order valence-corrected chi connectivity index (χ0v) is 10.7. The van der Waals surface area contributed by atoms with E-state index in [-0.39, 0.29) is 12.2 Å². The van der Waals surface area contributed by atoms with E-state index in [4.69, 9.17) is 5.84 Å². The molecule has 0 atom stereocenters. The molecule has 1 aromatic heterocycles. The van der Waals surface area contributed by atoms with Gasteiger partial charge in [-0.15, -0.1) is 4.68 Å². The minimum atomic E-state index is -0.711. The van der Waals surface area contributed by atoms with Crippen LogP contribution in [-0.4, -0.2) is 21.6 Å². The van der Waals surface area contributed by atoms with E-state index in [0.717, 1.165) is 15.9 Å². The molecule has 0 bridgehead atoms. The third-order valence-corrected chi connectivity index (χ3v) is 3.08. The van der Waals surface area contributed by atoms with Gasteiger partial charge in [0.15, 0.2) is 6.54 Å². The Hall–Kier alpha value is -2.90. The second-order valence-corrected chi connectivity index (χ2v) is 4.53. The van der Waals surface area contributed by atoms with Crippen molar-refractivity contribution in [2.24, 2.45) is 10.2 Å². The lowest BCUT2D eigenvalue weighted by atomic mass is 10.1. The van der Waals surface area contributed by atoms with E-state index in [1.165, 1.54) is 4.68 Å². The van der Waals surface area contributed by atoms with E-state index in [2.05, 4.69) is 15.4 Å². The number of hydrogen-bond donors (Lipinski definition) is 2. The minimum absolute atomic E-state index is 0.127. The summed E-state index contributed by atoms with van der Waals surface area (Å²) in [5, 5.41) is 21.9. The van der Waals surface area contributed by atoms with Crippen molar-refractivity contribution in [2.75, 3.05) is 5.84 Å². The lowest BCUT2D eigenvalue weighted by molar-refractivity contribution is -0.743. The van der Waals surface area contributed by atoms with Crippen LogP contribution in [0.4, 0.5) is 0 Å². The van der Waals surface area contributed by atoms with Crippen LogP contribution in [0.5, 0.6) is 0 Å². The molecule has 3 rings (SSSR count). The molecule has 1 aliphatic rings. The van der Waals surface area contributed by atoms with Crippen LogP contribution in [0.3, 0.4) is 0 Å². The Balaban J connectivity index is 2.09. The maximum atomic E-state index is 11.8. The molecule has 20 heavy (non-hydrogen) atoms. The normalized spacial score (nSPS) is 14.2. The number of aromatic amines is 1. The van der Waals surface area contributed by atoms with Gasteiger partial charge in [0.2, 0.25) is 0 Å². The van der Waals surface area contributed by atoms with Crippen LogP contribution in [0.1, 0.15) is 16.8 Å². The molecular weight excluding hydrogens is 260 g/mol. The first kappa shape index (κ1) is 12.2. The van der Waals surface area contributed by atoms with Gasteiger partial charge in [-0.05, 0) is 11.7 Å². The molecule has 102 valence electrons. The van der Waals surface area contributed by atoms with Crippen molar-refractivity contribution in [1.82, 2.24) is 10.0 Å². The van der Waals surface area contributed by atoms with Gasteiger partial charge in [-0.2, -0.15) is 10.2 Å². The number of aryl methyl sites for hydroxylation is 1. The lowest BCUT2D eigenvalue weighted by Crippen LogP contribution is -2.47. The van der Waals surface area contributed by atoms with Crippen LogP contribution in [-0.2, 0) is 6.54 Å². The van der Waals surface area contributed by atoms with E-state index >= 15 is 0 Å². The van der Waals surface area contributed by atoms with Crippen LogP contribution < -0.4 is 21.2 Å². The highest BCUT2D eigenvalue weighted by atomic mass is 16.3. The van der Waals surface area contributed by atoms with Crippen LogP contribution in [0.15, 0.2) is 39.3 Å². The first-order chi connectivity index (χ1) is 9.56. The number of hydrogen-bond acceptors (Lipinski definition) is 5. The molecule has 0 amide bonds. The number of fused-ring (bicyclic) bond motifs is 1. The number of aromatic nitrogens is 3. The van der Waals surface area contributed by atoms with E-state index in [0.29, 0.717) is 5.71 Å². The van der Waals surface area contributed by atoms with Gasteiger partial charge in [-0.3, -0.25) is 0 Å². The molecule has 0 aliphatic carbocycles. The SMILES string of the molecule is Cc1ccc(C2=NN=C([O-])c3c(=O)n(N)[nH][n+]3C2)cc1. The van der Waals surface area contributed by atoms with E-state index < -0.39 is 11.5 Å². The summed E-state index contributed by atoms with van der Waals surface area (Å²) in [5.74, 6) is 4.72. The van der Waals surface area contributed by atoms with Crippen LogP contribution in [0.25, 0.3) is 0 Å². The number of nitrogen functional groups attached to an aromatic ring is 1. The van der Waals surface area contributed by atoms with Crippen molar-refractivity contribution in [3.63, 3.8) is 0 Å². The highest BCUT2D eigenvalue weighted by Crippen LogP contribution is 2.07. The Morgan fingerprint density at radius 2 is 2.05 bits per heavy atom. The van der Waals surface area contributed by atoms with Crippen molar-refractivity contribution in [3.8, 4) is 0 Å². The van der Waals surface area contributed by atoms with Crippen LogP contribution >= 0.6 is 0 Å². The van der Waals surface area contributed by atoms with Gasteiger partial charge in [0.1, 0.15) is 5.71 Å². The Bertz CT molecular complexity index is 781. The summed E-state index contributed by atoms with van der Waals surface area (Å²) in [5.41, 5.74) is 1.77. The highest BCUT2D eigenvalue weighted by Gasteiger charge is 2.24. The monoisotopic (exact) mass is 272 g/mol. The summed E-state index contributed by atoms with van der Waals surface area (Å²) in [6.45, 7) is 2.19. The number of nitrogens with one attached hydrogen (secondary N) is 1. The van der Waals surface area contributed by atoms with Gasteiger partial charge in [-0.1, -0.05) is 35.0 Å². The Morgan fingerprint density at radius 1 is 1.35 bits per heavy atom. The number of H-pyrrole nitrogens is 1. The average molecular weight is 272 g/mol. The van der Waals surface area contributed by atoms with Gasteiger partial charge in [0.25, 0.3) is 5.69 Å². The lowest BCUT2D eigenvalue weighted by Gasteiger charge is -2.02. The Labute approximate surface area is 113 Å². The van der Waals surface area contributed by atoms with Crippen molar-refractivity contribution in [1.29, 1.82) is 0 Å². The standard InChI is InChI=1S/C12H12N6O2/c1-7-2-4-8(5-3-7)9-6-17-10(11(19)15-14-9)12(20)18(13)16-17/h2-5H,6H2,1H3,(H3-,13,15,16,19,20). The molecule has 0 unspecified atom stereocenters. The van der Waals surface area contributed by atoms with Crippen molar-refractivity contribution in [2.45, 2.75) is 13.5 Å². The highest BCUT2D eigenvalue weighted by molar-refractivity contribution is 6.01. The van der Waals surface area contributed by atoms with E-state index in [9.17, 15) is 9.90 Å². The summed E-state index contributed by atoms with van der Waals surface area (Å²) >= 11 is 0. The number of nitrogens with zero attached hydrogens (tertiary/aromatic N) is 4. The second-order valence-electron chi connectivity index (χ2n) is 4.53. The quantitative estimate of drug-likeness (QED) is 0.462. The fourth-order valence-electron chi connectivity index (χ4n) is 2.01. The fraction of sp³-hybridized carbons (Fsp3) is 0.167. The molecule has 1 aliphatic heterocycles. The van der Waals surface area contributed by atoms with Gasteiger partial charge in [0, 0.05) is 5.56 Å². The van der Waals surface area contributed by atoms with Gasteiger partial charge in [-0.25, -0.2) is 10.6 Å². The second kappa shape index (κ2) is 4.34. The number of nitrogens with two attached hydrogens (primary N) is 1. The Kier molecular flexibility index (Phi) is 2.63. The molecule has 0 radical (unpaired) electrons. The third-order valence-electron chi connectivity index (χ3n) is 3.08. The summed E-state index contributed by atoms with van der Waals surface area (Å²) in [6, 6.07) is 7.65. The van der Waals surface area contributed by atoms with Crippen molar-refractivity contribution in [3.05, 3.63) is 51.4 Å². The molecule has 0 fully saturated rings. The first-order valence-electron chi connectivity index (χ1n) is 5.95. The number of rotatable bonds is 1. The maximum absolute atomic E-state index is 11.8. The zero-order chi connectivity index (χ0) is 14.3. The predicted octanol–water partition coefficient (Wildman–Crippen LogP) is -1.99. The number of benzene rings is 1. The molecule has 0 saturated carbocycles. The molecule has 8 nitrogen and oxygen atoms in total. The van der Waals surface area contributed by atoms with E-state index in [1.807, 2.05) is 31.2 Å². The minimum Gasteiger partial charge on any atom is -0.854 e. The average Bonchev–Trinajstić information content (AvgIpc) is 2.60. The summed E-state index contributed by atoms with van der Waals surface area (Å²) in [7, 11) is 0. The predicted molar refractivity (Wildman–Crippen MR) is 69.7 cm³/mol. The smallest absolute Gasteiger partial charge is 0.425 e. The largest absolute Gasteiger partial charge is 0.854 e. The van der Waals surface area contributed by atoms with Crippen molar-refractivity contribution >= 4 is 11.6 Å². The van der Waals surface area contributed by atoms with Crippen LogP contribution in [0.2, 0.25) is 0 Å². The molecule has 8 heteroatoms. The topological polar surface area (TPSA) is 115 Å². The summed E-state index contributed by atoms with van der Waals surface area (Å²) in [6.07, 6.45) is 0. The summed E-state index contributed by atoms with van der Waals surface area (Å²) < 4.78 is 1.35. The maximum Gasteiger partial charge on any atom is 0.425 e. The molecule has 3 N–H and O–H groups in total. The van der Waals surface area contributed by atoms with Gasteiger partial charge >= 0.3 is 5.56 Å². The summed E-state index contributed by atoms with van der Waals surface area (Å²) in [4.78, 5) is 12.5. The molecule has 0 saturated heterocycles. The van der Waals surface area contributed by atoms with E-state index in [1.54, 1.807) is 0 Å². The molecule has 0 spiro atoms. The zero-order valence-electron chi connectivity index (χ0n) is 10.7. The molecule has 2 heterocycles. The Morgan fingerprint density at radius 3 is 2.75 bits per heavy atom. The molecular formula is C12H12N6O2. The van der Waals surface area contributed by atoms with Crippen molar-refractivity contribution < 1.29 is 9.79 Å². The fourth-order valence-corrected chi connectivity index (χ4v) is 2.01. The first-order valence-corrected chi connectivity index (χ1v) is 5.95. The van der Waals surface area contributed by atoms with Crippen LogP contribution in [0, 0.1) is 6.92 Å². The molecule has 2 aromatic rings. The van der Waals surface area contributed by atoms with Gasteiger partial charge < -0.3 is 5.11 Å². The molecule has 1 aromatic carbocycles. The van der Waals surface area contributed by atoms with Gasteiger partial charge in [0.05, 0.1) is 5.90 Å². The third kappa shape index (κ3) is 1.87.